The predicted molar refractivity (Wildman–Crippen MR) is 129 cm³/mol. The van der Waals surface area contributed by atoms with Crippen molar-refractivity contribution in [2.45, 2.75) is 75.9 Å². The Morgan fingerprint density at radius 1 is 1.24 bits per heavy atom. The maximum Gasteiger partial charge on any atom is 0.326 e. The summed E-state index contributed by atoms with van der Waals surface area (Å²) in [5.41, 5.74) is 1.08. The molecule has 1 aliphatic carbocycles. The Morgan fingerprint density at radius 3 is 2.61 bits per heavy atom. The topological polar surface area (TPSA) is 95.9 Å². The molecule has 1 saturated carbocycles. The number of thioether (sulfide) groups is 1. The highest BCUT2D eigenvalue weighted by molar-refractivity contribution is 7.98. The largest absolute Gasteiger partial charge is 0.480 e. The van der Waals surface area contributed by atoms with Crippen LogP contribution in [0, 0.1) is 5.92 Å². The van der Waals surface area contributed by atoms with Crippen LogP contribution in [0.1, 0.15) is 51.5 Å². The van der Waals surface area contributed by atoms with Crippen LogP contribution in [0.5, 0.6) is 0 Å². The number of esters is 1. The number of carboxylic acid groups (broad SMARTS) is 1. The lowest BCUT2D eigenvalue weighted by atomic mass is 9.84. The van der Waals surface area contributed by atoms with Crippen LogP contribution in [0.25, 0.3) is 0 Å². The number of nitrogens with one attached hydrogen (secondary N) is 1. The van der Waals surface area contributed by atoms with E-state index in [1.165, 1.54) is 0 Å². The van der Waals surface area contributed by atoms with E-state index in [1.807, 2.05) is 24.3 Å². The van der Waals surface area contributed by atoms with E-state index in [9.17, 15) is 19.5 Å². The molecule has 9 heteroatoms. The maximum atomic E-state index is 13.4. The first-order valence-corrected chi connectivity index (χ1v) is 13.1. The minimum Gasteiger partial charge on any atom is -0.480 e. The Bertz CT molecular complexity index is 837. The Labute approximate surface area is 204 Å². The number of likely N-dealkylation sites (tertiary alicyclic amines) is 1. The van der Waals surface area contributed by atoms with Gasteiger partial charge in [0.15, 0.2) is 0 Å². The molecule has 0 spiro atoms. The van der Waals surface area contributed by atoms with Gasteiger partial charge in [0.25, 0.3) is 0 Å². The van der Waals surface area contributed by atoms with Gasteiger partial charge in [0.2, 0.25) is 5.91 Å². The highest BCUT2D eigenvalue weighted by Crippen LogP contribution is 2.40. The van der Waals surface area contributed by atoms with Crippen LogP contribution in [0.15, 0.2) is 24.3 Å². The molecule has 1 aromatic rings. The second-order valence-corrected chi connectivity index (χ2v) is 10.2. The summed E-state index contributed by atoms with van der Waals surface area (Å²) < 4.78 is 5.22. The number of rotatable bonds is 10. The number of ether oxygens (including phenoxy) is 1. The van der Waals surface area contributed by atoms with E-state index < -0.39 is 30.1 Å². The summed E-state index contributed by atoms with van der Waals surface area (Å²) in [6, 6.07) is 5.33. The van der Waals surface area contributed by atoms with Crippen molar-refractivity contribution in [3.8, 4) is 0 Å². The molecule has 2 aliphatic rings. The molecule has 3 unspecified atom stereocenters. The van der Waals surface area contributed by atoms with E-state index in [0.717, 1.165) is 31.2 Å². The zero-order chi connectivity index (χ0) is 24.0. The number of carbonyl (C=O) groups excluding carboxylic acids is 2. The molecule has 182 valence electrons. The molecular formula is C24H33ClN2O5S. The third-order valence-electron chi connectivity index (χ3n) is 6.49. The zero-order valence-corrected chi connectivity index (χ0v) is 20.7. The van der Waals surface area contributed by atoms with Crippen LogP contribution in [0.3, 0.4) is 0 Å². The van der Waals surface area contributed by atoms with Crippen molar-refractivity contribution >= 4 is 41.2 Å². The van der Waals surface area contributed by atoms with E-state index in [4.69, 9.17) is 16.3 Å². The standard InChI is InChI=1S/C24H33ClN2O5S/c1-3-32-24(31)19(14-33-13-16-8-10-18(25)11-9-16)26-15(2)22(28)27-20-7-5-4-6-17(20)12-21(27)23(29)30/h8-11,15,17,19-21,26H,3-7,12-14H2,1-2H3,(H,29,30)/t15-,17?,19?,20?,21-/m0/s1. The van der Waals surface area contributed by atoms with Crippen molar-refractivity contribution in [2.24, 2.45) is 5.92 Å². The molecular weight excluding hydrogens is 464 g/mol. The molecule has 2 fully saturated rings. The third-order valence-corrected chi connectivity index (χ3v) is 7.85. The second kappa shape index (κ2) is 12.1. The number of nitrogens with zero attached hydrogens (tertiary/aromatic N) is 1. The quantitative estimate of drug-likeness (QED) is 0.476. The number of hydrogen-bond donors (Lipinski definition) is 2. The van der Waals surface area contributed by atoms with Crippen LogP contribution in [-0.2, 0) is 24.9 Å². The SMILES string of the molecule is CCOC(=O)C(CSCc1ccc(Cl)cc1)N[C@@H](C)C(=O)N1C2CCCCC2C[C@H]1C(=O)O. The van der Waals surface area contributed by atoms with Crippen molar-refractivity contribution in [1.29, 1.82) is 0 Å². The monoisotopic (exact) mass is 496 g/mol. The molecule has 3 rings (SSSR count). The molecule has 0 bridgehead atoms. The van der Waals surface area contributed by atoms with Crippen molar-refractivity contribution in [2.75, 3.05) is 12.4 Å². The van der Waals surface area contributed by atoms with Gasteiger partial charge >= 0.3 is 11.9 Å². The number of amides is 1. The van der Waals surface area contributed by atoms with Crippen LogP contribution < -0.4 is 5.32 Å². The minimum absolute atomic E-state index is 0.0306. The van der Waals surface area contributed by atoms with Gasteiger partial charge in [-0.15, -0.1) is 0 Å². The fourth-order valence-electron chi connectivity index (χ4n) is 4.90. The third kappa shape index (κ3) is 6.64. The summed E-state index contributed by atoms with van der Waals surface area (Å²) in [7, 11) is 0. The van der Waals surface area contributed by atoms with Crippen LogP contribution in [-0.4, -0.2) is 64.4 Å². The van der Waals surface area contributed by atoms with Crippen molar-refractivity contribution in [3.05, 3.63) is 34.9 Å². The maximum absolute atomic E-state index is 13.4. The Hall–Kier alpha value is -1.77. The average molecular weight is 497 g/mol. The normalized spacial score (nSPS) is 24.1. The van der Waals surface area contributed by atoms with Crippen LogP contribution in [0.4, 0.5) is 0 Å². The Morgan fingerprint density at radius 2 is 1.94 bits per heavy atom. The highest BCUT2D eigenvalue weighted by Gasteiger charge is 2.48. The molecule has 1 amide bonds. The summed E-state index contributed by atoms with van der Waals surface area (Å²) in [6.07, 6.45) is 4.40. The Kier molecular flexibility index (Phi) is 9.47. The number of carbonyl (C=O) groups is 3. The number of benzene rings is 1. The van der Waals surface area contributed by atoms with Crippen molar-refractivity contribution < 1.29 is 24.2 Å². The van der Waals surface area contributed by atoms with Crippen LogP contribution in [0.2, 0.25) is 5.02 Å². The lowest BCUT2D eigenvalue weighted by Gasteiger charge is -2.35. The summed E-state index contributed by atoms with van der Waals surface area (Å²) in [6.45, 7) is 3.70. The number of aliphatic carboxylic acids is 1. The van der Waals surface area contributed by atoms with E-state index in [2.05, 4.69) is 5.32 Å². The van der Waals surface area contributed by atoms with Crippen LogP contribution >= 0.6 is 23.4 Å². The fraction of sp³-hybridized carbons (Fsp3) is 0.625. The second-order valence-electron chi connectivity index (χ2n) is 8.78. The number of carboxylic acids is 1. The van der Waals surface area contributed by atoms with E-state index >= 15 is 0 Å². The molecule has 33 heavy (non-hydrogen) atoms. The number of fused-ring (bicyclic) bond motifs is 1. The van der Waals surface area contributed by atoms with Gasteiger partial charge in [0, 0.05) is 22.6 Å². The molecule has 5 atom stereocenters. The zero-order valence-electron chi connectivity index (χ0n) is 19.2. The highest BCUT2D eigenvalue weighted by atomic mass is 35.5. The van der Waals surface area contributed by atoms with Gasteiger partial charge in [-0.05, 0) is 56.7 Å². The molecule has 1 saturated heterocycles. The van der Waals surface area contributed by atoms with Gasteiger partial charge in [0.1, 0.15) is 12.1 Å². The number of halogens is 1. The van der Waals surface area contributed by atoms with Crippen molar-refractivity contribution in [1.82, 2.24) is 10.2 Å². The fourth-order valence-corrected chi connectivity index (χ4v) is 6.04. The molecule has 0 aromatic heterocycles. The first-order chi connectivity index (χ1) is 15.8. The molecule has 7 nitrogen and oxygen atoms in total. The van der Waals surface area contributed by atoms with Gasteiger partial charge in [-0.25, -0.2) is 4.79 Å². The first-order valence-electron chi connectivity index (χ1n) is 11.6. The summed E-state index contributed by atoms with van der Waals surface area (Å²) in [5, 5.41) is 13.5. The van der Waals surface area contributed by atoms with Crippen molar-refractivity contribution in [3.63, 3.8) is 0 Å². The predicted octanol–water partition coefficient (Wildman–Crippen LogP) is 3.73. The van der Waals surface area contributed by atoms with Gasteiger partial charge in [-0.2, -0.15) is 11.8 Å². The lowest BCUT2D eigenvalue weighted by Crippen LogP contribution is -2.56. The molecule has 0 radical (unpaired) electrons. The molecule has 1 heterocycles. The summed E-state index contributed by atoms with van der Waals surface area (Å²) in [5.74, 6) is -0.264. The lowest BCUT2D eigenvalue weighted by molar-refractivity contribution is -0.151. The van der Waals surface area contributed by atoms with Gasteiger partial charge in [-0.3, -0.25) is 14.9 Å². The minimum atomic E-state index is -0.953. The molecule has 2 N–H and O–H groups in total. The first kappa shape index (κ1) is 25.8. The average Bonchev–Trinajstić information content (AvgIpc) is 3.19. The van der Waals surface area contributed by atoms with E-state index in [1.54, 1.807) is 30.5 Å². The Balaban J connectivity index is 1.65. The molecule has 1 aromatic carbocycles. The number of hydrogen-bond acceptors (Lipinski definition) is 6. The van der Waals surface area contributed by atoms with E-state index in [-0.39, 0.29) is 24.5 Å². The van der Waals surface area contributed by atoms with Gasteiger partial charge < -0.3 is 14.7 Å². The van der Waals surface area contributed by atoms with Gasteiger partial charge in [-0.1, -0.05) is 36.6 Å². The summed E-state index contributed by atoms with van der Waals surface area (Å²) in [4.78, 5) is 39.4. The van der Waals surface area contributed by atoms with E-state index in [0.29, 0.717) is 22.9 Å². The smallest absolute Gasteiger partial charge is 0.326 e. The molecule has 1 aliphatic heterocycles. The summed E-state index contributed by atoms with van der Waals surface area (Å²) >= 11 is 7.49. The van der Waals surface area contributed by atoms with Gasteiger partial charge in [0.05, 0.1) is 12.6 Å².